The molecule has 88 valence electrons. The van der Waals surface area contributed by atoms with Crippen molar-refractivity contribution in [2.45, 2.75) is 25.0 Å². The summed E-state index contributed by atoms with van der Waals surface area (Å²) in [6.45, 7) is 2.43. The molecule has 1 saturated heterocycles. The summed E-state index contributed by atoms with van der Waals surface area (Å²) in [4.78, 5) is 3.73. The van der Waals surface area contributed by atoms with Crippen LogP contribution in [0.2, 0.25) is 0 Å². The van der Waals surface area contributed by atoms with Gasteiger partial charge in [-0.25, -0.2) is 4.98 Å². The number of piperidine rings is 1. The van der Waals surface area contributed by atoms with Crippen LogP contribution in [0, 0.1) is 5.95 Å². The highest BCUT2D eigenvalue weighted by atomic mass is 35.5. The quantitative estimate of drug-likeness (QED) is 0.706. The number of nitrogens with one attached hydrogen (secondary N) is 1. The summed E-state index contributed by atoms with van der Waals surface area (Å²) >= 11 is 0. The molecule has 1 N–H and O–H groups in total. The molecule has 0 amide bonds. The highest BCUT2D eigenvalue weighted by Crippen LogP contribution is 2.42. The van der Waals surface area contributed by atoms with E-state index in [1.54, 1.807) is 6.20 Å². The number of nitrogens with zero attached hydrogens (tertiary/aromatic N) is 1. The monoisotopic (exact) mass is 244 g/mol. The fourth-order valence-corrected chi connectivity index (χ4v) is 2.54. The van der Waals surface area contributed by atoms with Gasteiger partial charge in [0.15, 0.2) is 0 Å². The number of ether oxygens (including phenoxy) is 1. The first-order chi connectivity index (χ1) is 7.30. The number of hydrogen-bond acceptors (Lipinski definition) is 3. The van der Waals surface area contributed by atoms with Crippen LogP contribution >= 0.6 is 12.4 Å². The Hall–Kier alpha value is -0.710. The third-order valence-corrected chi connectivity index (χ3v) is 3.36. The van der Waals surface area contributed by atoms with Gasteiger partial charge in [0.25, 0.3) is 0 Å². The van der Waals surface area contributed by atoms with E-state index in [-0.39, 0.29) is 18.0 Å². The molecule has 3 nitrogen and oxygen atoms in total. The molecule has 3 rings (SSSR count). The first-order valence-electron chi connectivity index (χ1n) is 5.30. The van der Waals surface area contributed by atoms with Gasteiger partial charge in [0.05, 0.1) is 12.2 Å². The Labute approximate surface area is 99.8 Å². The maximum Gasteiger partial charge on any atom is 0.213 e. The van der Waals surface area contributed by atoms with E-state index in [9.17, 15) is 4.39 Å². The summed E-state index contributed by atoms with van der Waals surface area (Å²) in [6, 6.07) is 1.49. The minimum Gasteiger partial charge on any atom is -0.365 e. The van der Waals surface area contributed by atoms with E-state index in [0.29, 0.717) is 6.61 Å². The van der Waals surface area contributed by atoms with Crippen molar-refractivity contribution in [3.8, 4) is 0 Å². The minimum absolute atomic E-state index is 0. The Morgan fingerprint density at radius 2 is 2.12 bits per heavy atom. The molecule has 16 heavy (non-hydrogen) atoms. The number of pyridine rings is 1. The van der Waals surface area contributed by atoms with Crippen molar-refractivity contribution in [2.24, 2.45) is 0 Å². The molecule has 0 unspecified atom stereocenters. The zero-order chi connectivity index (χ0) is 10.3. The lowest BCUT2D eigenvalue weighted by Gasteiger charge is -2.33. The second kappa shape index (κ2) is 4.28. The van der Waals surface area contributed by atoms with Gasteiger partial charge in [-0.2, -0.15) is 4.39 Å². The van der Waals surface area contributed by atoms with Crippen LogP contribution in [0.3, 0.4) is 0 Å². The van der Waals surface area contributed by atoms with Gasteiger partial charge in [0.1, 0.15) is 0 Å². The highest BCUT2D eigenvalue weighted by molar-refractivity contribution is 5.85. The van der Waals surface area contributed by atoms with Crippen molar-refractivity contribution in [3.05, 3.63) is 29.3 Å². The Kier molecular flexibility index (Phi) is 3.15. The van der Waals surface area contributed by atoms with Crippen LogP contribution in [0.15, 0.2) is 12.3 Å². The average Bonchev–Trinajstić information content (AvgIpc) is 2.58. The zero-order valence-electron chi connectivity index (χ0n) is 8.83. The number of hydrogen-bond donors (Lipinski definition) is 1. The minimum atomic E-state index is -0.414. The van der Waals surface area contributed by atoms with Gasteiger partial charge >= 0.3 is 0 Å². The second-order valence-electron chi connectivity index (χ2n) is 4.20. The van der Waals surface area contributed by atoms with E-state index >= 15 is 0 Å². The molecular formula is C11H14ClFN2O. The van der Waals surface area contributed by atoms with Gasteiger partial charge in [0.2, 0.25) is 5.95 Å². The highest BCUT2D eigenvalue weighted by Gasteiger charge is 2.41. The van der Waals surface area contributed by atoms with Crippen molar-refractivity contribution in [3.63, 3.8) is 0 Å². The largest absolute Gasteiger partial charge is 0.365 e. The second-order valence-corrected chi connectivity index (χ2v) is 4.20. The van der Waals surface area contributed by atoms with Crippen LogP contribution in [0.4, 0.5) is 4.39 Å². The standard InChI is InChI=1S/C11H13FN2O.ClH/c12-10-5-8-7-15-11(9(8)6-14-10)1-3-13-4-2-11;/h5-6,13H,1-4,7H2;1H. The summed E-state index contributed by atoms with van der Waals surface area (Å²) in [6.07, 6.45) is 3.55. The lowest BCUT2D eigenvalue weighted by Crippen LogP contribution is -2.39. The predicted octanol–water partition coefficient (Wildman–Crippen LogP) is 1.75. The maximum absolute atomic E-state index is 12.9. The smallest absolute Gasteiger partial charge is 0.213 e. The third-order valence-electron chi connectivity index (χ3n) is 3.36. The Morgan fingerprint density at radius 3 is 2.88 bits per heavy atom. The molecule has 5 heteroatoms. The fraction of sp³-hybridized carbons (Fsp3) is 0.545. The van der Waals surface area contributed by atoms with Crippen molar-refractivity contribution < 1.29 is 9.13 Å². The maximum atomic E-state index is 12.9. The molecule has 0 aliphatic carbocycles. The number of fused-ring (bicyclic) bond motifs is 2. The normalized spacial score (nSPS) is 21.6. The first-order valence-corrected chi connectivity index (χ1v) is 5.30. The molecule has 3 heterocycles. The molecule has 1 fully saturated rings. The van der Waals surface area contributed by atoms with Crippen molar-refractivity contribution in [1.29, 1.82) is 0 Å². The number of halogens is 2. The van der Waals surface area contributed by atoms with Crippen molar-refractivity contribution >= 4 is 12.4 Å². The fourth-order valence-electron chi connectivity index (χ4n) is 2.54. The van der Waals surface area contributed by atoms with Gasteiger partial charge in [-0.05, 0) is 37.6 Å². The molecule has 0 saturated carbocycles. The summed E-state index contributed by atoms with van der Waals surface area (Å²) in [5.74, 6) is -0.414. The van der Waals surface area contributed by atoms with Crippen LogP contribution in [0.5, 0.6) is 0 Å². The van der Waals surface area contributed by atoms with Gasteiger partial charge in [0, 0.05) is 11.8 Å². The summed E-state index contributed by atoms with van der Waals surface area (Å²) in [5.41, 5.74) is 1.86. The Balaban J connectivity index is 0.000000963. The Morgan fingerprint density at radius 1 is 1.38 bits per heavy atom. The van der Waals surface area contributed by atoms with E-state index in [1.165, 1.54) is 6.07 Å². The number of rotatable bonds is 0. The number of aromatic nitrogens is 1. The van der Waals surface area contributed by atoms with Crippen LogP contribution in [0.1, 0.15) is 24.0 Å². The van der Waals surface area contributed by atoms with Crippen LogP contribution in [-0.2, 0) is 16.9 Å². The van der Waals surface area contributed by atoms with Gasteiger partial charge < -0.3 is 10.1 Å². The van der Waals surface area contributed by atoms with Crippen LogP contribution < -0.4 is 5.32 Å². The molecule has 0 aromatic carbocycles. The van der Waals surface area contributed by atoms with Crippen molar-refractivity contribution in [1.82, 2.24) is 10.3 Å². The van der Waals surface area contributed by atoms with E-state index in [4.69, 9.17) is 4.74 Å². The lowest BCUT2D eigenvalue weighted by molar-refractivity contribution is -0.0591. The van der Waals surface area contributed by atoms with E-state index in [2.05, 4.69) is 10.3 Å². The molecular weight excluding hydrogens is 231 g/mol. The zero-order valence-corrected chi connectivity index (χ0v) is 9.65. The molecule has 1 aromatic rings. The molecule has 2 aliphatic heterocycles. The van der Waals surface area contributed by atoms with Crippen LogP contribution in [-0.4, -0.2) is 18.1 Å². The SMILES string of the molecule is Cl.Fc1cc2c(cn1)C1(CCNCC1)OC2. The molecule has 1 spiro atoms. The Bertz CT molecular complexity index is 394. The van der Waals surface area contributed by atoms with Gasteiger partial charge in [-0.15, -0.1) is 12.4 Å². The summed E-state index contributed by atoms with van der Waals surface area (Å²) in [5, 5.41) is 3.30. The van der Waals surface area contributed by atoms with Crippen molar-refractivity contribution in [2.75, 3.05) is 13.1 Å². The van der Waals surface area contributed by atoms with Gasteiger partial charge in [-0.1, -0.05) is 0 Å². The van der Waals surface area contributed by atoms with E-state index < -0.39 is 5.95 Å². The molecule has 1 aromatic heterocycles. The average molecular weight is 245 g/mol. The lowest BCUT2D eigenvalue weighted by atomic mass is 9.85. The third kappa shape index (κ3) is 1.71. The molecule has 0 atom stereocenters. The molecule has 0 bridgehead atoms. The predicted molar refractivity (Wildman–Crippen MR) is 60.0 cm³/mol. The van der Waals surface area contributed by atoms with Crippen LogP contribution in [0.25, 0.3) is 0 Å². The van der Waals surface area contributed by atoms with Gasteiger partial charge in [-0.3, -0.25) is 0 Å². The topological polar surface area (TPSA) is 34.2 Å². The summed E-state index contributed by atoms with van der Waals surface area (Å²) in [7, 11) is 0. The summed E-state index contributed by atoms with van der Waals surface area (Å²) < 4.78 is 18.8. The molecule has 0 radical (unpaired) electrons. The molecule has 2 aliphatic rings. The van der Waals surface area contributed by atoms with E-state index in [1.807, 2.05) is 0 Å². The first kappa shape index (κ1) is 11.8. The van der Waals surface area contributed by atoms with E-state index in [0.717, 1.165) is 37.1 Å².